The van der Waals surface area contributed by atoms with Gasteiger partial charge in [-0.05, 0) is 18.6 Å². The van der Waals surface area contributed by atoms with Gasteiger partial charge in [-0.15, -0.1) is 0 Å². The number of anilines is 1. The molecule has 1 heterocycles. The lowest BCUT2D eigenvalue weighted by atomic mass is 10.2. The predicted molar refractivity (Wildman–Crippen MR) is 75.5 cm³/mol. The second-order valence-electron chi connectivity index (χ2n) is 4.34. The van der Waals surface area contributed by atoms with E-state index in [0.29, 0.717) is 25.3 Å². The Morgan fingerprint density at radius 3 is 2.26 bits per heavy atom. The lowest BCUT2D eigenvalue weighted by molar-refractivity contribution is 0.169. The molecule has 0 aliphatic carbocycles. The number of methoxy groups -OCH3 is 2. The molecule has 0 aromatic carbocycles. The van der Waals surface area contributed by atoms with Crippen LogP contribution >= 0.6 is 0 Å². The predicted octanol–water partition coefficient (Wildman–Crippen LogP) is 1.62. The Balaban J connectivity index is 2.71. The first kappa shape index (κ1) is 15.9. The molecule has 0 aliphatic heterocycles. The molecular formula is C14H24N2O3. The zero-order chi connectivity index (χ0) is 14.1. The first-order valence-electron chi connectivity index (χ1n) is 6.59. The normalized spacial score (nSPS) is 12.4. The van der Waals surface area contributed by atoms with Crippen molar-refractivity contribution in [1.82, 2.24) is 4.98 Å². The van der Waals surface area contributed by atoms with Gasteiger partial charge in [-0.2, -0.15) is 0 Å². The minimum atomic E-state index is -0.486. The van der Waals surface area contributed by atoms with Crippen molar-refractivity contribution in [3.63, 3.8) is 0 Å². The number of aliphatic hydroxyl groups is 1. The molecule has 1 aromatic rings. The summed E-state index contributed by atoms with van der Waals surface area (Å²) in [5.74, 6) is 0. The fourth-order valence-electron chi connectivity index (χ4n) is 1.76. The van der Waals surface area contributed by atoms with E-state index < -0.39 is 6.10 Å². The first-order valence-corrected chi connectivity index (χ1v) is 6.59. The Kier molecular flexibility index (Phi) is 7.40. The summed E-state index contributed by atoms with van der Waals surface area (Å²) >= 11 is 0. The van der Waals surface area contributed by atoms with Crippen molar-refractivity contribution in [3.05, 3.63) is 24.0 Å². The summed E-state index contributed by atoms with van der Waals surface area (Å²) in [5, 5.41) is 9.73. The zero-order valence-corrected chi connectivity index (χ0v) is 12.0. The molecular weight excluding hydrogens is 244 g/mol. The molecule has 5 nitrogen and oxygen atoms in total. The van der Waals surface area contributed by atoms with Crippen molar-refractivity contribution in [1.29, 1.82) is 0 Å². The molecule has 1 aromatic heterocycles. The van der Waals surface area contributed by atoms with E-state index in [-0.39, 0.29) is 0 Å². The Hall–Kier alpha value is -1.17. The summed E-state index contributed by atoms with van der Waals surface area (Å²) in [6.45, 7) is 4.82. The molecule has 0 saturated carbocycles. The Labute approximate surface area is 115 Å². The van der Waals surface area contributed by atoms with E-state index in [9.17, 15) is 5.11 Å². The lowest BCUT2D eigenvalue weighted by Gasteiger charge is -2.24. The number of hydrogen-bond donors (Lipinski definition) is 1. The maximum Gasteiger partial charge on any atom is 0.0957 e. The average Bonchev–Trinajstić information content (AvgIpc) is 2.47. The standard InChI is InChI=1S/C14H24N2O3/c1-4-14(17)13-6-5-12(11-15-13)16(7-9-18-2)8-10-19-3/h5-6,11,14,17H,4,7-10H2,1-3H3/t14-/m1/s1. The van der Waals surface area contributed by atoms with E-state index in [1.807, 2.05) is 19.1 Å². The van der Waals surface area contributed by atoms with Crippen molar-refractivity contribution >= 4 is 5.69 Å². The van der Waals surface area contributed by atoms with E-state index in [2.05, 4.69) is 9.88 Å². The van der Waals surface area contributed by atoms with Crippen LogP contribution < -0.4 is 4.90 Å². The largest absolute Gasteiger partial charge is 0.387 e. The van der Waals surface area contributed by atoms with Crippen molar-refractivity contribution in [3.8, 4) is 0 Å². The Morgan fingerprint density at radius 2 is 1.84 bits per heavy atom. The summed E-state index contributed by atoms with van der Waals surface area (Å²) in [6.07, 6.45) is 1.98. The van der Waals surface area contributed by atoms with Gasteiger partial charge in [0.1, 0.15) is 0 Å². The van der Waals surface area contributed by atoms with Crippen LogP contribution in [0.4, 0.5) is 5.69 Å². The number of aromatic nitrogens is 1. The Morgan fingerprint density at radius 1 is 1.21 bits per heavy atom. The van der Waals surface area contributed by atoms with Crippen LogP contribution in [-0.4, -0.2) is 50.6 Å². The molecule has 0 unspecified atom stereocenters. The summed E-state index contributed by atoms with van der Waals surface area (Å²) in [7, 11) is 3.38. The van der Waals surface area contributed by atoms with E-state index in [1.165, 1.54) is 0 Å². The quantitative estimate of drug-likeness (QED) is 0.737. The van der Waals surface area contributed by atoms with Crippen LogP contribution in [0.5, 0.6) is 0 Å². The third kappa shape index (κ3) is 5.14. The van der Waals surface area contributed by atoms with Gasteiger partial charge in [0.15, 0.2) is 0 Å². The number of ether oxygens (including phenoxy) is 2. The zero-order valence-electron chi connectivity index (χ0n) is 12.0. The molecule has 1 N–H and O–H groups in total. The van der Waals surface area contributed by atoms with Crippen molar-refractivity contribution < 1.29 is 14.6 Å². The molecule has 5 heteroatoms. The van der Waals surface area contributed by atoms with Crippen molar-refractivity contribution in [2.75, 3.05) is 45.4 Å². The monoisotopic (exact) mass is 268 g/mol. The maximum absolute atomic E-state index is 9.73. The van der Waals surface area contributed by atoms with Gasteiger partial charge in [-0.25, -0.2) is 0 Å². The first-order chi connectivity index (χ1) is 9.22. The van der Waals surface area contributed by atoms with Crippen LogP contribution in [0.15, 0.2) is 18.3 Å². The lowest BCUT2D eigenvalue weighted by Crippen LogP contribution is -2.30. The third-order valence-electron chi connectivity index (χ3n) is 2.99. The van der Waals surface area contributed by atoms with Crippen LogP contribution in [0, 0.1) is 0 Å². The topological polar surface area (TPSA) is 54.8 Å². The molecule has 1 rings (SSSR count). The molecule has 19 heavy (non-hydrogen) atoms. The van der Waals surface area contributed by atoms with E-state index in [0.717, 1.165) is 18.8 Å². The molecule has 108 valence electrons. The van der Waals surface area contributed by atoms with Crippen LogP contribution in [0.1, 0.15) is 25.1 Å². The molecule has 0 bridgehead atoms. The minimum Gasteiger partial charge on any atom is -0.387 e. The summed E-state index contributed by atoms with van der Waals surface area (Å²) < 4.78 is 10.2. The molecule has 0 fully saturated rings. The van der Waals surface area contributed by atoms with Crippen molar-refractivity contribution in [2.24, 2.45) is 0 Å². The van der Waals surface area contributed by atoms with Gasteiger partial charge in [0.05, 0.1) is 36.9 Å². The number of rotatable bonds is 9. The number of aliphatic hydroxyl groups excluding tert-OH is 1. The fourth-order valence-corrected chi connectivity index (χ4v) is 1.76. The van der Waals surface area contributed by atoms with E-state index in [1.54, 1.807) is 20.4 Å². The van der Waals surface area contributed by atoms with Crippen LogP contribution in [0.3, 0.4) is 0 Å². The van der Waals surface area contributed by atoms with Gasteiger partial charge >= 0.3 is 0 Å². The van der Waals surface area contributed by atoms with Gasteiger partial charge < -0.3 is 19.5 Å². The van der Waals surface area contributed by atoms with Crippen LogP contribution in [0.25, 0.3) is 0 Å². The number of hydrogen-bond acceptors (Lipinski definition) is 5. The molecule has 0 aliphatic rings. The van der Waals surface area contributed by atoms with Gasteiger partial charge in [0, 0.05) is 27.3 Å². The average molecular weight is 268 g/mol. The highest BCUT2D eigenvalue weighted by atomic mass is 16.5. The summed E-state index contributed by atoms with van der Waals surface area (Å²) in [5.41, 5.74) is 1.73. The number of pyridine rings is 1. The second kappa shape index (κ2) is 8.85. The fraction of sp³-hybridized carbons (Fsp3) is 0.643. The van der Waals surface area contributed by atoms with Gasteiger partial charge in [-0.3, -0.25) is 4.98 Å². The SMILES string of the molecule is CC[C@@H](O)c1ccc(N(CCOC)CCOC)cn1. The highest BCUT2D eigenvalue weighted by Crippen LogP contribution is 2.18. The van der Waals surface area contributed by atoms with Crippen molar-refractivity contribution in [2.45, 2.75) is 19.4 Å². The van der Waals surface area contributed by atoms with Crippen LogP contribution in [-0.2, 0) is 9.47 Å². The maximum atomic E-state index is 9.73. The number of nitrogens with zero attached hydrogens (tertiary/aromatic N) is 2. The van der Waals surface area contributed by atoms with Gasteiger partial charge in [-0.1, -0.05) is 6.92 Å². The molecule has 0 spiro atoms. The molecule has 0 amide bonds. The van der Waals surface area contributed by atoms with E-state index >= 15 is 0 Å². The molecule has 0 radical (unpaired) electrons. The second-order valence-corrected chi connectivity index (χ2v) is 4.34. The van der Waals surface area contributed by atoms with Gasteiger partial charge in [0.25, 0.3) is 0 Å². The third-order valence-corrected chi connectivity index (χ3v) is 2.99. The minimum absolute atomic E-state index is 0.486. The smallest absolute Gasteiger partial charge is 0.0957 e. The molecule has 0 saturated heterocycles. The van der Waals surface area contributed by atoms with Crippen LogP contribution in [0.2, 0.25) is 0 Å². The highest BCUT2D eigenvalue weighted by molar-refractivity contribution is 5.44. The summed E-state index contributed by atoms with van der Waals surface area (Å²) in [6, 6.07) is 3.85. The van der Waals surface area contributed by atoms with E-state index in [4.69, 9.17) is 9.47 Å². The molecule has 1 atom stereocenters. The summed E-state index contributed by atoms with van der Waals surface area (Å²) in [4.78, 5) is 6.47. The Bertz CT molecular complexity index is 335. The highest BCUT2D eigenvalue weighted by Gasteiger charge is 2.09. The van der Waals surface area contributed by atoms with Gasteiger partial charge in [0.2, 0.25) is 0 Å².